The van der Waals surface area contributed by atoms with Gasteiger partial charge in [-0.25, -0.2) is 9.18 Å². The number of hydrogen-bond donors (Lipinski definition) is 1. The van der Waals surface area contributed by atoms with Crippen LogP contribution in [0.3, 0.4) is 0 Å². The molecule has 0 spiro atoms. The minimum atomic E-state index is -1.77. The van der Waals surface area contributed by atoms with E-state index in [2.05, 4.69) is 10.2 Å². The molecule has 2 amide bonds. The van der Waals surface area contributed by atoms with Gasteiger partial charge >= 0.3 is 6.09 Å². The van der Waals surface area contributed by atoms with Crippen LogP contribution < -0.4 is 5.32 Å². The van der Waals surface area contributed by atoms with Gasteiger partial charge in [0.25, 0.3) is 5.91 Å². The molecule has 0 saturated carbocycles. The average molecular weight is 386 g/mol. The predicted molar refractivity (Wildman–Crippen MR) is 103 cm³/mol. The number of ether oxygens (including phenoxy) is 1. The first-order valence-electron chi connectivity index (χ1n) is 10.4. The molecule has 2 heterocycles. The summed E-state index contributed by atoms with van der Waals surface area (Å²) in [5, 5.41) is 2.86. The molecule has 1 N–H and O–H groups in total. The lowest BCUT2D eigenvalue weighted by atomic mass is 9.89. The van der Waals surface area contributed by atoms with E-state index >= 15 is 4.39 Å². The van der Waals surface area contributed by atoms with Crippen LogP contribution in [0.1, 0.15) is 66.2 Å². The van der Waals surface area contributed by atoms with Crippen LogP contribution in [0, 0.1) is 0 Å². The molecule has 6 nitrogen and oxygen atoms in total. The van der Waals surface area contributed by atoms with E-state index in [1.807, 2.05) is 27.7 Å². The summed E-state index contributed by atoms with van der Waals surface area (Å²) in [5.74, 6) is -0.469. The van der Waals surface area contributed by atoms with Crippen molar-refractivity contribution in [2.45, 2.75) is 83.5 Å². The number of nitrogens with zero attached hydrogens (tertiary/aromatic N) is 2. The largest absolute Gasteiger partial charge is 0.450 e. The van der Waals surface area contributed by atoms with Crippen molar-refractivity contribution in [3.05, 3.63) is 0 Å². The first-order chi connectivity index (χ1) is 12.7. The Morgan fingerprint density at radius 1 is 1.15 bits per heavy atom. The fourth-order valence-electron chi connectivity index (χ4n) is 3.82. The second-order valence-corrected chi connectivity index (χ2v) is 8.46. The Bertz CT molecular complexity index is 519. The number of piperidine rings is 1. The van der Waals surface area contributed by atoms with Gasteiger partial charge in [-0.15, -0.1) is 0 Å². The van der Waals surface area contributed by atoms with Crippen molar-refractivity contribution in [1.29, 1.82) is 0 Å². The summed E-state index contributed by atoms with van der Waals surface area (Å²) in [6.45, 7) is 10.6. The maximum absolute atomic E-state index is 15.2. The molecule has 1 atom stereocenters. The molecule has 156 valence electrons. The number of hydrogen-bond acceptors (Lipinski definition) is 4. The van der Waals surface area contributed by atoms with E-state index in [0.717, 1.165) is 25.7 Å². The highest BCUT2D eigenvalue weighted by Gasteiger charge is 2.44. The third-order valence-corrected chi connectivity index (χ3v) is 6.07. The van der Waals surface area contributed by atoms with Crippen LogP contribution in [0.4, 0.5) is 9.18 Å². The Hall–Kier alpha value is -1.37. The van der Waals surface area contributed by atoms with Crippen molar-refractivity contribution in [2.24, 2.45) is 0 Å². The number of amides is 2. The first kappa shape index (κ1) is 21.9. The monoisotopic (exact) mass is 385 g/mol. The lowest BCUT2D eigenvalue weighted by Gasteiger charge is -2.40. The molecule has 0 aromatic heterocycles. The Labute approximate surface area is 162 Å². The molecule has 2 aliphatic heterocycles. The normalized spacial score (nSPS) is 24.2. The number of carbonyl (C=O) groups excluding carboxylic acids is 2. The van der Waals surface area contributed by atoms with Crippen LogP contribution in [-0.4, -0.2) is 71.8 Å². The molecule has 2 rings (SSSR count). The van der Waals surface area contributed by atoms with Gasteiger partial charge in [0.2, 0.25) is 0 Å². The number of alkyl halides is 1. The molecule has 27 heavy (non-hydrogen) atoms. The van der Waals surface area contributed by atoms with Gasteiger partial charge in [-0.3, -0.25) is 4.79 Å². The van der Waals surface area contributed by atoms with Crippen molar-refractivity contribution >= 4 is 12.0 Å². The number of carbonyl (C=O) groups is 2. The van der Waals surface area contributed by atoms with Gasteiger partial charge in [-0.1, -0.05) is 6.92 Å². The Kier molecular flexibility index (Phi) is 7.48. The average Bonchev–Trinajstić information content (AvgIpc) is 2.88. The van der Waals surface area contributed by atoms with Gasteiger partial charge in [0.1, 0.15) is 0 Å². The van der Waals surface area contributed by atoms with Gasteiger partial charge in [-0.2, -0.15) is 0 Å². The molecule has 0 aromatic rings. The standard InChI is InChI=1S/C20H36FN3O3/c1-5-19(3,4)22-17(25)20(21)10-14-23(15-11-20)16-8-7-12-24(13-9-16)18(26)27-6-2/h16H,5-15H2,1-4H3,(H,22,25). The van der Waals surface area contributed by atoms with E-state index in [-0.39, 0.29) is 24.5 Å². The molecule has 2 saturated heterocycles. The summed E-state index contributed by atoms with van der Waals surface area (Å²) in [6, 6.07) is 0.337. The summed E-state index contributed by atoms with van der Waals surface area (Å²) in [6.07, 6.45) is 3.77. The Morgan fingerprint density at radius 3 is 2.41 bits per heavy atom. The molecule has 2 fully saturated rings. The summed E-state index contributed by atoms with van der Waals surface area (Å²) >= 11 is 0. The van der Waals surface area contributed by atoms with Crippen molar-refractivity contribution < 1.29 is 18.7 Å². The highest BCUT2D eigenvalue weighted by atomic mass is 19.1. The van der Waals surface area contributed by atoms with E-state index in [1.165, 1.54) is 0 Å². The topological polar surface area (TPSA) is 61.9 Å². The van der Waals surface area contributed by atoms with Gasteiger partial charge < -0.3 is 19.9 Å². The highest BCUT2D eigenvalue weighted by molar-refractivity contribution is 5.85. The van der Waals surface area contributed by atoms with Crippen LogP contribution in [-0.2, 0) is 9.53 Å². The Morgan fingerprint density at radius 2 is 1.81 bits per heavy atom. The zero-order valence-corrected chi connectivity index (χ0v) is 17.4. The van der Waals surface area contributed by atoms with Crippen molar-refractivity contribution in [1.82, 2.24) is 15.1 Å². The summed E-state index contributed by atoms with van der Waals surface area (Å²) in [5.41, 5.74) is -2.16. The molecule has 0 bridgehead atoms. The van der Waals surface area contributed by atoms with Crippen LogP contribution >= 0.6 is 0 Å². The molecule has 0 aromatic carbocycles. The van der Waals surface area contributed by atoms with Gasteiger partial charge in [0.15, 0.2) is 5.67 Å². The van der Waals surface area contributed by atoms with E-state index in [4.69, 9.17) is 4.74 Å². The predicted octanol–water partition coefficient (Wildman–Crippen LogP) is 3.11. The quantitative estimate of drug-likeness (QED) is 0.790. The van der Waals surface area contributed by atoms with Gasteiger partial charge in [0, 0.05) is 50.6 Å². The number of likely N-dealkylation sites (tertiary alicyclic amines) is 2. The maximum Gasteiger partial charge on any atom is 0.409 e. The lowest BCUT2D eigenvalue weighted by molar-refractivity contribution is -0.138. The summed E-state index contributed by atoms with van der Waals surface area (Å²) < 4.78 is 20.3. The summed E-state index contributed by atoms with van der Waals surface area (Å²) in [7, 11) is 0. The molecular formula is C20H36FN3O3. The second kappa shape index (κ2) is 9.22. The number of nitrogens with one attached hydrogen (secondary N) is 1. The van der Waals surface area contributed by atoms with E-state index in [0.29, 0.717) is 38.8 Å². The third kappa shape index (κ3) is 5.80. The van der Waals surface area contributed by atoms with Crippen molar-refractivity contribution in [2.75, 3.05) is 32.8 Å². The van der Waals surface area contributed by atoms with Crippen LogP contribution in [0.15, 0.2) is 0 Å². The van der Waals surface area contributed by atoms with E-state index in [9.17, 15) is 9.59 Å². The van der Waals surface area contributed by atoms with Crippen molar-refractivity contribution in [3.63, 3.8) is 0 Å². The second-order valence-electron chi connectivity index (χ2n) is 8.46. The molecule has 0 radical (unpaired) electrons. The fourth-order valence-corrected chi connectivity index (χ4v) is 3.82. The smallest absolute Gasteiger partial charge is 0.409 e. The molecule has 1 unspecified atom stereocenters. The van der Waals surface area contributed by atoms with Gasteiger partial charge in [0.05, 0.1) is 6.61 Å². The number of rotatable bonds is 5. The van der Waals surface area contributed by atoms with Crippen LogP contribution in [0.25, 0.3) is 0 Å². The minimum Gasteiger partial charge on any atom is -0.450 e. The minimum absolute atomic E-state index is 0.233. The van der Waals surface area contributed by atoms with E-state index < -0.39 is 11.6 Å². The molecule has 7 heteroatoms. The van der Waals surface area contributed by atoms with Crippen LogP contribution in [0.2, 0.25) is 0 Å². The van der Waals surface area contributed by atoms with Gasteiger partial charge in [-0.05, 0) is 46.5 Å². The first-order valence-corrected chi connectivity index (χ1v) is 10.4. The number of halogens is 1. The zero-order valence-electron chi connectivity index (χ0n) is 17.4. The third-order valence-electron chi connectivity index (χ3n) is 6.07. The summed E-state index contributed by atoms with van der Waals surface area (Å²) in [4.78, 5) is 28.4. The zero-order chi connectivity index (χ0) is 20.1. The van der Waals surface area contributed by atoms with E-state index in [1.54, 1.807) is 4.90 Å². The molecule has 2 aliphatic rings. The fraction of sp³-hybridized carbons (Fsp3) is 0.900. The SMILES string of the molecule is CCOC(=O)N1CCCC(N2CCC(F)(C(=O)NC(C)(C)CC)CC2)CC1. The Balaban J connectivity index is 1.86. The van der Waals surface area contributed by atoms with Crippen molar-refractivity contribution in [3.8, 4) is 0 Å². The maximum atomic E-state index is 15.2. The highest BCUT2D eigenvalue weighted by Crippen LogP contribution is 2.31. The lowest BCUT2D eigenvalue weighted by Crippen LogP contribution is -2.56. The molecule has 0 aliphatic carbocycles. The van der Waals surface area contributed by atoms with Crippen LogP contribution in [0.5, 0.6) is 0 Å². The molecular weight excluding hydrogens is 349 g/mol.